The number of rotatable bonds is 4. The van der Waals surface area contributed by atoms with Crippen LogP contribution in [0.3, 0.4) is 0 Å². The summed E-state index contributed by atoms with van der Waals surface area (Å²) in [5, 5.41) is 0. The van der Waals surface area contributed by atoms with Crippen LogP contribution >= 0.6 is 0 Å². The van der Waals surface area contributed by atoms with E-state index in [1.54, 1.807) is 18.3 Å². The third-order valence-corrected chi connectivity index (χ3v) is 2.13. The van der Waals surface area contributed by atoms with Crippen molar-refractivity contribution in [1.82, 2.24) is 10.4 Å². The van der Waals surface area contributed by atoms with Crippen LogP contribution in [0.25, 0.3) is 0 Å². The molecule has 2 N–H and O–H groups in total. The fourth-order valence-electron chi connectivity index (χ4n) is 1.33. The Bertz CT molecular complexity index is 485. The number of hydrogen-bond donors (Lipinski definition) is 2. The van der Waals surface area contributed by atoms with Gasteiger partial charge in [-0.3, -0.25) is 4.98 Å². The second kappa shape index (κ2) is 5.36. The molecule has 1 aromatic heterocycles. The highest BCUT2D eigenvalue weighted by atomic mass is 19.1. The van der Waals surface area contributed by atoms with Gasteiger partial charge in [0.05, 0.1) is 6.20 Å². The third kappa shape index (κ3) is 3.49. The van der Waals surface area contributed by atoms with E-state index in [9.17, 15) is 8.78 Å². The maximum absolute atomic E-state index is 12.8. The average molecular weight is 235 g/mol. The predicted octanol–water partition coefficient (Wildman–Crippen LogP) is 2.48. The summed E-state index contributed by atoms with van der Waals surface area (Å²) in [5.41, 5.74) is 7.21. The fraction of sp³-hybridized carbons (Fsp3) is 0.0833. The molecule has 0 bridgehead atoms. The smallest absolute Gasteiger partial charge is 0.141 e. The largest absolute Gasteiger partial charge is 0.321 e. The molecule has 0 aliphatic heterocycles. The first kappa shape index (κ1) is 11.5. The highest BCUT2D eigenvalue weighted by Gasteiger charge is 1.96. The number of benzene rings is 1. The van der Waals surface area contributed by atoms with Gasteiger partial charge in [0.25, 0.3) is 0 Å². The number of pyridine rings is 1. The minimum atomic E-state index is -0.369. The van der Waals surface area contributed by atoms with Crippen LogP contribution in [-0.2, 0) is 6.54 Å². The lowest BCUT2D eigenvalue weighted by Gasteiger charge is -2.08. The Morgan fingerprint density at radius 2 is 1.76 bits per heavy atom. The maximum Gasteiger partial charge on any atom is 0.141 e. The summed E-state index contributed by atoms with van der Waals surface area (Å²) in [5.74, 6) is -0.657. The van der Waals surface area contributed by atoms with Crippen molar-refractivity contribution in [3.8, 4) is 0 Å². The number of nitrogens with zero attached hydrogens (tertiary/aromatic N) is 1. The van der Waals surface area contributed by atoms with Gasteiger partial charge in [-0.25, -0.2) is 14.2 Å². The van der Waals surface area contributed by atoms with Crippen LogP contribution in [0.15, 0.2) is 42.7 Å². The van der Waals surface area contributed by atoms with Gasteiger partial charge in [0, 0.05) is 18.4 Å². The standard InChI is InChI=1S/C12H11F2N3/c13-10-1-3-12(4-2-10)17-16-7-9-5-11(14)8-15-6-9/h1-6,8,16-17H,7H2. The molecule has 0 aliphatic rings. The van der Waals surface area contributed by atoms with E-state index in [0.29, 0.717) is 6.54 Å². The molecule has 5 heteroatoms. The fourth-order valence-corrected chi connectivity index (χ4v) is 1.33. The van der Waals surface area contributed by atoms with Crippen LogP contribution in [0.4, 0.5) is 14.5 Å². The molecule has 0 unspecified atom stereocenters. The van der Waals surface area contributed by atoms with E-state index < -0.39 is 0 Å². The Labute approximate surface area is 97.5 Å². The van der Waals surface area contributed by atoms with E-state index in [4.69, 9.17) is 0 Å². The van der Waals surface area contributed by atoms with Gasteiger partial charge in [-0.15, -0.1) is 0 Å². The molecule has 3 nitrogen and oxygen atoms in total. The molecular formula is C12H11F2N3. The Morgan fingerprint density at radius 3 is 2.47 bits per heavy atom. The normalized spacial score (nSPS) is 10.2. The first-order chi connectivity index (χ1) is 8.24. The second-order valence-electron chi connectivity index (χ2n) is 3.50. The SMILES string of the molecule is Fc1ccc(NNCc2cncc(F)c2)cc1. The average Bonchev–Trinajstić information content (AvgIpc) is 2.32. The number of hydrazine groups is 1. The maximum atomic E-state index is 12.8. The van der Waals surface area contributed by atoms with Crippen molar-refractivity contribution in [3.63, 3.8) is 0 Å². The Hall–Kier alpha value is -2.01. The van der Waals surface area contributed by atoms with Crippen molar-refractivity contribution in [2.45, 2.75) is 6.54 Å². The van der Waals surface area contributed by atoms with Crippen molar-refractivity contribution in [3.05, 3.63) is 59.9 Å². The molecule has 0 atom stereocenters. The van der Waals surface area contributed by atoms with Gasteiger partial charge >= 0.3 is 0 Å². The molecule has 2 rings (SSSR count). The summed E-state index contributed by atoms with van der Waals surface area (Å²) in [6, 6.07) is 7.31. The third-order valence-electron chi connectivity index (χ3n) is 2.13. The predicted molar refractivity (Wildman–Crippen MR) is 61.1 cm³/mol. The van der Waals surface area contributed by atoms with Gasteiger partial charge in [0.2, 0.25) is 0 Å². The summed E-state index contributed by atoms with van der Waals surface area (Å²) in [4.78, 5) is 3.73. The first-order valence-electron chi connectivity index (χ1n) is 5.08. The molecule has 17 heavy (non-hydrogen) atoms. The quantitative estimate of drug-likeness (QED) is 0.799. The Kier molecular flexibility index (Phi) is 3.62. The minimum Gasteiger partial charge on any atom is -0.321 e. The van der Waals surface area contributed by atoms with Gasteiger partial charge in [0.1, 0.15) is 11.6 Å². The van der Waals surface area contributed by atoms with Crippen LogP contribution in [0.5, 0.6) is 0 Å². The molecule has 88 valence electrons. The highest BCUT2D eigenvalue weighted by molar-refractivity contribution is 5.41. The summed E-state index contributed by atoms with van der Waals surface area (Å²) in [6.45, 7) is 0.419. The van der Waals surface area contributed by atoms with E-state index in [-0.39, 0.29) is 11.6 Å². The van der Waals surface area contributed by atoms with Crippen molar-refractivity contribution in [2.24, 2.45) is 0 Å². The van der Waals surface area contributed by atoms with Gasteiger partial charge in [-0.1, -0.05) is 0 Å². The molecule has 0 radical (unpaired) electrons. The number of aromatic nitrogens is 1. The van der Waals surface area contributed by atoms with E-state index in [1.165, 1.54) is 18.2 Å². The second-order valence-corrected chi connectivity index (χ2v) is 3.50. The van der Waals surface area contributed by atoms with E-state index >= 15 is 0 Å². The minimum absolute atomic E-state index is 0.287. The lowest BCUT2D eigenvalue weighted by Crippen LogP contribution is -2.20. The molecule has 1 heterocycles. The molecule has 0 aliphatic carbocycles. The van der Waals surface area contributed by atoms with Gasteiger partial charge in [-0.05, 0) is 35.9 Å². The van der Waals surface area contributed by atoms with E-state index in [2.05, 4.69) is 15.8 Å². The van der Waals surface area contributed by atoms with Crippen molar-refractivity contribution in [2.75, 3.05) is 5.43 Å². The van der Waals surface area contributed by atoms with Gasteiger partial charge < -0.3 is 5.43 Å². The van der Waals surface area contributed by atoms with Crippen LogP contribution in [0, 0.1) is 11.6 Å². The molecule has 2 aromatic rings. The number of anilines is 1. The van der Waals surface area contributed by atoms with Crippen molar-refractivity contribution in [1.29, 1.82) is 0 Å². The van der Waals surface area contributed by atoms with Crippen molar-refractivity contribution < 1.29 is 8.78 Å². The molecule has 0 amide bonds. The van der Waals surface area contributed by atoms with Gasteiger partial charge in [-0.2, -0.15) is 0 Å². The number of nitrogens with one attached hydrogen (secondary N) is 2. The Morgan fingerprint density at radius 1 is 1.00 bits per heavy atom. The lowest BCUT2D eigenvalue weighted by molar-refractivity contribution is 0.616. The topological polar surface area (TPSA) is 37.0 Å². The molecule has 0 fully saturated rings. The summed E-state index contributed by atoms with van der Waals surface area (Å²) in [7, 11) is 0. The zero-order chi connectivity index (χ0) is 12.1. The van der Waals surface area contributed by atoms with Crippen LogP contribution in [0.1, 0.15) is 5.56 Å². The highest BCUT2D eigenvalue weighted by Crippen LogP contribution is 2.07. The van der Waals surface area contributed by atoms with Crippen LogP contribution < -0.4 is 10.9 Å². The molecule has 0 saturated heterocycles. The molecule has 0 saturated carbocycles. The summed E-state index contributed by atoms with van der Waals surface area (Å²) in [6.07, 6.45) is 2.72. The summed E-state index contributed by atoms with van der Waals surface area (Å²) < 4.78 is 25.4. The first-order valence-corrected chi connectivity index (χ1v) is 5.08. The molecular weight excluding hydrogens is 224 g/mol. The van der Waals surface area contributed by atoms with Gasteiger partial charge in [0.15, 0.2) is 0 Å². The molecule has 0 spiro atoms. The van der Waals surface area contributed by atoms with E-state index in [1.807, 2.05) is 0 Å². The zero-order valence-corrected chi connectivity index (χ0v) is 8.95. The summed E-state index contributed by atoms with van der Waals surface area (Å²) >= 11 is 0. The Balaban J connectivity index is 1.85. The van der Waals surface area contributed by atoms with Crippen LogP contribution in [0.2, 0.25) is 0 Å². The molecule has 1 aromatic carbocycles. The van der Waals surface area contributed by atoms with E-state index in [0.717, 1.165) is 17.4 Å². The number of halogens is 2. The van der Waals surface area contributed by atoms with Crippen molar-refractivity contribution >= 4 is 5.69 Å². The van der Waals surface area contributed by atoms with Crippen LogP contribution in [-0.4, -0.2) is 4.98 Å². The monoisotopic (exact) mass is 235 g/mol. The lowest BCUT2D eigenvalue weighted by atomic mass is 10.3. The zero-order valence-electron chi connectivity index (χ0n) is 8.95. The number of hydrogen-bond acceptors (Lipinski definition) is 3.